The van der Waals surface area contributed by atoms with E-state index in [0.717, 1.165) is 31.0 Å². The molecule has 0 amide bonds. The number of aliphatic hydroxyl groups excluding tert-OH is 1. The second-order valence-electron chi connectivity index (χ2n) is 7.96. The third-order valence-corrected chi connectivity index (χ3v) is 6.00. The lowest BCUT2D eigenvalue weighted by Crippen LogP contribution is -2.48. The summed E-state index contributed by atoms with van der Waals surface area (Å²) in [7, 11) is 3.77. The van der Waals surface area contributed by atoms with Crippen molar-refractivity contribution in [2.75, 3.05) is 27.4 Å². The molecule has 6 heteroatoms. The summed E-state index contributed by atoms with van der Waals surface area (Å²) in [5.41, 5.74) is 2.11. The Hall–Kier alpha value is -2.05. The first-order valence-electron chi connectivity index (χ1n) is 9.08. The zero-order valence-corrected chi connectivity index (χ0v) is 15.5. The molecule has 1 N–H and O–H groups in total. The molecule has 0 saturated heterocycles. The zero-order valence-electron chi connectivity index (χ0n) is 15.5. The van der Waals surface area contributed by atoms with E-state index >= 15 is 0 Å². The second kappa shape index (κ2) is 5.99. The van der Waals surface area contributed by atoms with E-state index in [1.165, 1.54) is 18.1 Å². The van der Waals surface area contributed by atoms with Gasteiger partial charge >= 0.3 is 5.97 Å². The second-order valence-corrected chi connectivity index (χ2v) is 7.96. The van der Waals surface area contributed by atoms with Crippen LogP contribution < -0.4 is 9.47 Å². The molecule has 0 fully saturated rings. The van der Waals surface area contributed by atoms with Gasteiger partial charge in [-0.2, -0.15) is 0 Å². The van der Waals surface area contributed by atoms with Crippen LogP contribution in [0.4, 0.5) is 0 Å². The average Bonchev–Trinajstić information content (AvgIpc) is 2.87. The van der Waals surface area contributed by atoms with Gasteiger partial charge in [-0.1, -0.05) is 12.2 Å². The lowest BCUT2D eigenvalue weighted by Gasteiger charge is -2.37. The van der Waals surface area contributed by atoms with Gasteiger partial charge in [-0.3, -0.25) is 9.28 Å². The molecule has 1 aromatic rings. The molecule has 2 heterocycles. The molecule has 0 aromatic heterocycles. The molecule has 0 bridgehead atoms. The molecule has 1 spiro atoms. The minimum Gasteiger partial charge on any atom is -0.493 e. The summed E-state index contributed by atoms with van der Waals surface area (Å²) in [4.78, 5) is 11.3. The maximum Gasteiger partial charge on any atom is 0.306 e. The van der Waals surface area contributed by atoms with Crippen LogP contribution >= 0.6 is 0 Å². The van der Waals surface area contributed by atoms with E-state index in [4.69, 9.17) is 14.2 Å². The molecule has 1 aromatic carbocycles. The van der Waals surface area contributed by atoms with Crippen molar-refractivity contribution in [1.82, 2.24) is 0 Å². The molecule has 3 aliphatic rings. The van der Waals surface area contributed by atoms with Gasteiger partial charge in [0.2, 0.25) is 6.73 Å². The normalized spacial score (nSPS) is 34.3. The summed E-state index contributed by atoms with van der Waals surface area (Å²) < 4.78 is 17.8. The van der Waals surface area contributed by atoms with Crippen molar-refractivity contribution in [3.05, 3.63) is 35.4 Å². The van der Waals surface area contributed by atoms with Gasteiger partial charge in [0.15, 0.2) is 11.5 Å². The molecule has 140 valence electrons. The van der Waals surface area contributed by atoms with Gasteiger partial charge in [0.05, 0.1) is 32.2 Å². The van der Waals surface area contributed by atoms with Crippen LogP contribution in [0.3, 0.4) is 0 Å². The number of quaternary nitrogens is 1. The van der Waals surface area contributed by atoms with Gasteiger partial charge in [-0.05, 0) is 12.1 Å². The SMILES string of the molecule is COc1ccc2c3c1OC1CC(O)C=CC31CC[N+](C)(COC(C)=O)C2. The van der Waals surface area contributed by atoms with Crippen molar-refractivity contribution in [1.29, 1.82) is 0 Å². The number of methoxy groups -OCH3 is 1. The van der Waals surface area contributed by atoms with E-state index in [1.54, 1.807) is 7.11 Å². The Balaban J connectivity index is 1.81. The van der Waals surface area contributed by atoms with Crippen molar-refractivity contribution >= 4 is 5.97 Å². The molecule has 4 unspecified atom stereocenters. The van der Waals surface area contributed by atoms with Crippen LogP contribution in [0, 0.1) is 0 Å². The van der Waals surface area contributed by atoms with Gasteiger partial charge in [-0.15, -0.1) is 0 Å². The average molecular weight is 360 g/mol. The van der Waals surface area contributed by atoms with E-state index in [-0.39, 0.29) is 17.5 Å². The topological polar surface area (TPSA) is 65.0 Å². The largest absolute Gasteiger partial charge is 0.493 e. The van der Waals surface area contributed by atoms with Crippen LogP contribution in [-0.2, 0) is 21.5 Å². The van der Waals surface area contributed by atoms with E-state index in [2.05, 4.69) is 19.2 Å². The van der Waals surface area contributed by atoms with Crippen molar-refractivity contribution in [2.24, 2.45) is 0 Å². The van der Waals surface area contributed by atoms with Gasteiger partial charge in [0.1, 0.15) is 12.6 Å². The predicted octanol–water partition coefficient (Wildman–Crippen LogP) is 1.89. The third-order valence-electron chi connectivity index (χ3n) is 6.00. The highest BCUT2D eigenvalue weighted by Gasteiger charge is 2.54. The van der Waals surface area contributed by atoms with Gasteiger partial charge in [0.25, 0.3) is 0 Å². The zero-order chi connectivity index (χ0) is 18.5. The van der Waals surface area contributed by atoms with Crippen molar-refractivity contribution in [3.63, 3.8) is 0 Å². The number of carbonyl (C=O) groups excluding carboxylic acids is 1. The Labute approximate surface area is 153 Å². The van der Waals surface area contributed by atoms with Crippen molar-refractivity contribution in [3.8, 4) is 11.5 Å². The fourth-order valence-electron chi connectivity index (χ4n) is 4.63. The number of benzene rings is 1. The van der Waals surface area contributed by atoms with Crippen molar-refractivity contribution in [2.45, 2.75) is 43.9 Å². The first-order valence-corrected chi connectivity index (χ1v) is 9.08. The first kappa shape index (κ1) is 17.4. The Morgan fingerprint density at radius 2 is 2.27 bits per heavy atom. The lowest BCUT2D eigenvalue weighted by atomic mass is 9.69. The maximum absolute atomic E-state index is 11.3. The van der Waals surface area contributed by atoms with Crippen LogP contribution in [0.5, 0.6) is 11.5 Å². The molecule has 0 saturated carbocycles. The van der Waals surface area contributed by atoms with E-state index in [1.807, 2.05) is 12.1 Å². The Morgan fingerprint density at radius 3 is 3.00 bits per heavy atom. The Bertz CT molecular complexity index is 776. The predicted molar refractivity (Wildman–Crippen MR) is 94.9 cm³/mol. The monoisotopic (exact) mass is 360 g/mol. The number of ether oxygens (including phenoxy) is 3. The number of hydrogen-bond donors (Lipinski definition) is 1. The van der Waals surface area contributed by atoms with Gasteiger partial charge in [-0.25, -0.2) is 0 Å². The summed E-state index contributed by atoms with van der Waals surface area (Å²) >= 11 is 0. The number of nitrogens with zero attached hydrogens (tertiary/aromatic N) is 1. The molecule has 1 aliphatic carbocycles. The summed E-state index contributed by atoms with van der Waals surface area (Å²) in [6.45, 7) is 3.41. The minimum atomic E-state index is -0.487. The fourth-order valence-corrected chi connectivity index (χ4v) is 4.63. The van der Waals surface area contributed by atoms with Crippen molar-refractivity contribution < 1.29 is 28.6 Å². The highest BCUT2D eigenvalue weighted by molar-refractivity contribution is 5.65. The molecule has 4 rings (SSSR count). The number of aliphatic hydroxyl groups is 1. The highest BCUT2D eigenvalue weighted by atomic mass is 16.5. The van der Waals surface area contributed by atoms with E-state index < -0.39 is 6.10 Å². The van der Waals surface area contributed by atoms with Crippen LogP contribution in [0.2, 0.25) is 0 Å². The number of carbonyl (C=O) groups is 1. The molecule has 2 aliphatic heterocycles. The summed E-state index contributed by atoms with van der Waals surface area (Å²) in [5, 5.41) is 10.1. The summed E-state index contributed by atoms with van der Waals surface area (Å²) in [6.07, 6.45) is 4.86. The Morgan fingerprint density at radius 1 is 1.46 bits per heavy atom. The smallest absolute Gasteiger partial charge is 0.306 e. The van der Waals surface area contributed by atoms with E-state index in [9.17, 15) is 9.90 Å². The minimum absolute atomic E-state index is 0.104. The third kappa shape index (κ3) is 2.59. The van der Waals surface area contributed by atoms with E-state index in [0.29, 0.717) is 17.6 Å². The van der Waals surface area contributed by atoms with Gasteiger partial charge in [0, 0.05) is 30.9 Å². The fraction of sp³-hybridized carbons (Fsp3) is 0.550. The molecule has 6 nitrogen and oxygen atoms in total. The highest BCUT2D eigenvalue weighted by Crippen LogP contribution is 2.56. The quantitative estimate of drug-likeness (QED) is 0.507. The molecule has 4 atom stereocenters. The molecular weight excluding hydrogens is 334 g/mol. The Kier molecular flexibility index (Phi) is 4.00. The molecule has 0 radical (unpaired) electrons. The summed E-state index contributed by atoms with van der Waals surface area (Å²) in [5.74, 6) is 1.28. The van der Waals surface area contributed by atoms with Crippen LogP contribution in [0.1, 0.15) is 30.9 Å². The van der Waals surface area contributed by atoms with Gasteiger partial charge < -0.3 is 19.3 Å². The molecule has 26 heavy (non-hydrogen) atoms. The first-order chi connectivity index (χ1) is 12.4. The summed E-state index contributed by atoms with van der Waals surface area (Å²) in [6, 6.07) is 4.04. The maximum atomic E-state index is 11.3. The van der Waals surface area contributed by atoms with Crippen LogP contribution in [0.15, 0.2) is 24.3 Å². The molecular formula is C20H26NO5+. The number of rotatable bonds is 3. The lowest BCUT2D eigenvalue weighted by molar-refractivity contribution is -0.938. The van der Waals surface area contributed by atoms with Crippen LogP contribution in [-0.4, -0.2) is 55.2 Å². The number of hydrogen-bond acceptors (Lipinski definition) is 5. The van der Waals surface area contributed by atoms with Crippen LogP contribution in [0.25, 0.3) is 0 Å². The number of esters is 1. The standard InChI is InChI=1S/C20H26NO5/c1-13(22)25-12-21(2)9-8-20-7-6-15(23)10-17(20)26-19-16(24-3)5-4-14(11-21)18(19)20/h4-7,15,17,23H,8-12H2,1-3H3/q+1.